The Morgan fingerprint density at radius 2 is 1.79 bits per heavy atom. The van der Waals surface area contributed by atoms with Crippen molar-refractivity contribution in [1.82, 2.24) is 4.98 Å². The minimum Gasteiger partial charge on any atom is -0.317 e. The number of carbonyl (C=O) groups excluding carboxylic acids is 1. The molecule has 2 heterocycles. The first-order valence-corrected chi connectivity index (χ1v) is 14.9. The lowest BCUT2D eigenvalue weighted by atomic mass is 9.96. The van der Waals surface area contributed by atoms with E-state index in [1.54, 1.807) is 34.8 Å². The fraction of sp³-hybridized carbons (Fsp3) is 0.280. The molecule has 0 spiro atoms. The van der Waals surface area contributed by atoms with Crippen LogP contribution in [0, 0.1) is 0 Å². The number of anilines is 1. The first-order chi connectivity index (χ1) is 16.4. The predicted octanol–water partition coefficient (Wildman–Crippen LogP) is 6.75. The standard InChI is InChI=1S/C25H23ClN2O3S3/c26-16-11-13-17(14-12-16)34(30,31)15-5-10-22(29)28-25-23(18-6-1-3-8-20(18)32-25)24-27-19-7-2-4-9-21(19)33-24/h2,4,7,9,11-14H,1,3,5-6,8,10,15H2,(H,28,29). The lowest BCUT2D eigenvalue weighted by molar-refractivity contribution is -0.116. The van der Waals surface area contributed by atoms with Gasteiger partial charge in [0.25, 0.3) is 0 Å². The number of aromatic nitrogens is 1. The van der Waals surface area contributed by atoms with Crippen LogP contribution in [-0.2, 0) is 27.5 Å². The third kappa shape index (κ3) is 4.91. The van der Waals surface area contributed by atoms with Crippen molar-refractivity contribution in [2.45, 2.75) is 43.4 Å². The summed E-state index contributed by atoms with van der Waals surface area (Å²) in [6, 6.07) is 14.2. The van der Waals surface area contributed by atoms with Crippen LogP contribution in [0.15, 0.2) is 53.4 Å². The zero-order chi connectivity index (χ0) is 23.7. The first-order valence-electron chi connectivity index (χ1n) is 11.2. The second-order valence-electron chi connectivity index (χ2n) is 8.33. The van der Waals surface area contributed by atoms with E-state index in [2.05, 4.69) is 11.4 Å². The van der Waals surface area contributed by atoms with Gasteiger partial charge in [0.2, 0.25) is 5.91 Å². The molecule has 0 atom stereocenters. The van der Waals surface area contributed by atoms with Gasteiger partial charge in [-0.1, -0.05) is 23.7 Å². The number of fused-ring (bicyclic) bond motifs is 2. The van der Waals surface area contributed by atoms with Crippen LogP contribution in [0.25, 0.3) is 20.8 Å². The second-order valence-corrected chi connectivity index (χ2v) is 13.0. The van der Waals surface area contributed by atoms with Gasteiger partial charge in [-0.25, -0.2) is 13.4 Å². The maximum absolute atomic E-state index is 12.8. The van der Waals surface area contributed by atoms with E-state index in [-0.39, 0.29) is 29.4 Å². The van der Waals surface area contributed by atoms with Gasteiger partial charge in [0, 0.05) is 21.9 Å². The Bertz CT molecular complexity index is 1420. The number of benzene rings is 2. The Morgan fingerprint density at radius 1 is 1.03 bits per heavy atom. The maximum atomic E-state index is 12.8. The molecule has 0 radical (unpaired) electrons. The molecule has 1 aliphatic carbocycles. The Balaban J connectivity index is 1.32. The topological polar surface area (TPSA) is 76.1 Å². The number of thiazole rings is 1. The average Bonchev–Trinajstić information content (AvgIpc) is 3.39. The van der Waals surface area contributed by atoms with E-state index in [9.17, 15) is 13.2 Å². The van der Waals surface area contributed by atoms with Crippen molar-refractivity contribution in [1.29, 1.82) is 0 Å². The number of amides is 1. The molecule has 176 valence electrons. The van der Waals surface area contributed by atoms with Gasteiger partial charge in [0.05, 0.1) is 20.9 Å². The summed E-state index contributed by atoms with van der Waals surface area (Å²) in [5, 5.41) is 5.33. The zero-order valence-electron chi connectivity index (χ0n) is 18.3. The molecule has 9 heteroatoms. The van der Waals surface area contributed by atoms with Gasteiger partial charge < -0.3 is 5.32 Å². The highest BCUT2D eigenvalue weighted by Crippen LogP contribution is 2.46. The molecule has 1 amide bonds. The number of nitrogens with one attached hydrogen (secondary N) is 1. The first kappa shape index (κ1) is 23.5. The molecule has 0 saturated carbocycles. The van der Waals surface area contributed by atoms with Gasteiger partial charge in [-0.2, -0.15) is 0 Å². The van der Waals surface area contributed by atoms with Crippen molar-refractivity contribution in [2.24, 2.45) is 0 Å². The van der Waals surface area contributed by atoms with E-state index in [1.807, 2.05) is 18.2 Å². The third-order valence-electron chi connectivity index (χ3n) is 5.92. The fourth-order valence-corrected chi connectivity index (χ4v) is 8.08. The Hall–Kier alpha value is -2.26. The van der Waals surface area contributed by atoms with Crippen molar-refractivity contribution in [2.75, 3.05) is 11.1 Å². The minimum atomic E-state index is -3.46. The Labute approximate surface area is 211 Å². The van der Waals surface area contributed by atoms with E-state index in [1.165, 1.54) is 22.6 Å². The molecule has 34 heavy (non-hydrogen) atoms. The summed E-state index contributed by atoms with van der Waals surface area (Å²) in [4.78, 5) is 19.2. The summed E-state index contributed by atoms with van der Waals surface area (Å²) in [5.74, 6) is -0.263. The van der Waals surface area contributed by atoms with Crippen molar-refractivity contribution < 1.29 is 13.2 Å². The van der Waals surface area contributed by atoms with Crippen LogP contribution in [0.1, 0.15) is 36.1 Å². The van der Waals surface area contributed by atoms with E-state index in [0.29, 0.717) is 5.02 Å². The van der Waals surface area contributed by atoms with E-state index in [0.717, 1.165) is 51.5 Å². The molecule has 1 N–H and O–H groups in total. The molecule has 2 aromatic heterocycles. The van der Waals surface area contributed by atoms with Crippen molar-refractivity contribution in [3.8, 4) is 10.6 Å². The molecule has 1 aliphatic rings. The highest BCUT2D eigenvalue weighted by molar-refractivity contribution is 7.91. The number of hydrogen-bond donors (Lipinski definition) is 1. The number of carbonyl (C=O) groups is 1. The number of sulfone groups is 1. The van der Waals surface area contributed by atoms with Crippen molar-refractivity contribution >= 4 is 65.2 Å². The maximum Gasteiger partial charge on any atom is 0.225 e. The van der Waals surface area contributed by atoms with Gasteiger partial charge >= 0.3 is 0 Å². The monoisotopic (exact) mass is 530 g/mol. The molecular formula is C25H23ClN2O3S3. The van der Waals surface area contributed by atoms with Gasteiger partial charge in [0.15, 0.2) is 9.84 Å². The second kappa shape index (κ2) is 9.77. The van der Waals surface area contributed by atoms with Gasteiger partial charge in [-0.15, -0.1) is 22.7 Å². The summed E-state index contributed by atoms with van der Waals surface area (Å²) >= 11 is 9.13. The molecule has 5 nitrogen and oxygen atoms in total. The number of aryl methyl sites for hydroxylation is 1. The van der Waals surface area contributed by atoms with E-state index < -0.39 is 9.84 Å². The smallest absolute Gasteiger partial charge is 0.225 e. The molecular weight excluding hydrogens is 508 g/mol. The molecule has 0 unspecified atom stereocenters. The number of halogens is 1. The van der Waals surface area contributed by atoms with Crippen LogP contribution >= 0.6 is 34.3 Å². The third-order valence-corrected chi connectivity index (χ3v) is 10.3. The summed E-state index contributed by atoms with van der Waals surface area (Å²) in [7, 11) is -3.46. The average molecular weight is 531 g/mol. The molecule has 0 fully saturated rings. The normalized spacial score (nSPS) is 13.7. The zero-order valence-corrected chi connectivity index (χ0v) is 21.5. The van der Waals surface area contributed by atoms with Crippen LogP contribution in [0.3, 0.4) is 0 Å². The highest BCUT2D eigenvalue weighted by atomic mass is 35.5. The van der Waals surface area contributed by atoms with Gasteiger partial charge in [0.1, 0.15) is 10.0 Å². The number of para-hydroxylation sites is 1. The van der Waals surface area contributed by atoms with Gasteiger partial charge in [-0.3, -0.25) is 4.79 Å². The van der Waals surface area contributed by atoms with Crippen molar-refractivity contribution in [3.63, 3.8) is 0 Å². The number of nitrogens with zero attached hydrogens (tertiary/aromatic N) is 1. The molecule has 4 aromatic rings. The number of thiophene rings is 1. The largest absolute Gasteiger partial charge is 0.317 e. The van der Waals surface area contributed by atoms with Crippen LogP contribution in [0.4, 0.5) is 5.00 Å². The molecule has 0 bridgehead atoms. The number of hydrogen-bond acceptors (Lipinski definition) is 6. The minimum absolute atomic E-state index is 0.0896. The molecule has 0 saturated heterocycles. The predicted molar refractivity (Wildman–Crippen MR) is 141 cm³/mol. The van der Waals surface area contributed by atoms with Crippen LogP contribution in [0.2, 0.25) is 5.02 Å². The van der Waals surface area contributed by atoms with Gasteiger partial charge in [-0.05, 0) is 74.1 Å². The summed E-state index contributed by atoms with van der Waals surface area (Å²) in [6.07, 6.45) is 4.69. The lowest BCUT2D eigenvalue weighted by Crippen LogP contribution is -2.14. The Kier molecular flexibility index (Phi) is 6.75. The summed E-state index contributed by atoms with van der Waals surface area (Å²) in [5.41, 5.74) is 3.31. The highest BCUT2D eigenvalue weighted by Gasteiger charge is 2.25. The van der Waals surface area contributed by atoms with E-state index >= 15 is 0 Å². The molecule has 2 aromatic carbocycles. The number of rotatable bonds is 7. The van der Waals surface area contributed by atoms with E-state index in [4.69, 9.17) is 16.6 Å². The molecule has 5 rings (SSSR count). The summed E-state index contributed by atoms with van der Waals surface area (Å²) in [6.45, 7) is 0. The van der Waals surface area contributed by atoms with Crippen molar-refractivity contribution in [3.05, 3.63) is 64.0 Å². The van der Waals surface area contributed by atoms with Crippen LogP contribution in [-0.4, -0.2) is 25.1 Å². The quantitative estimate of drug-likeness (QED) is 0.287. The lowest BCUT2D eigenvalue weighted by Gasteiger charge is -2.11. The summed E-state index contributed by atoms with van der Waals surface area (Å²) < 4.78 is 26.2. The molecule has 0 aliphatic heterocycles. The SMILES string of the molecule is O=C(CCCS(=O)(=O)c1ccc(Cl)cc1)Nc1sc2c(c1-c1nc3ccccc3s1)CCCC2. The Morgan fingerprint density at radius 3 is 2.59 bits per heavy atom. The van der Waals surface area contributed by atoms with Crippen LogP contribution < -0.4 is 5.32 Å². The van der Waals surface area contributed by atoms with Crippen LogP contribution in [0.5, 0.6) is 0 Å². The fourth-order valence-electron chi connectivity index (χ4n) is 4.23.